The molecule has 0 spiro atoms. The molecule has 4 aromatic rings. The number of fused-ring (bicyclic) bond motifs is 1. The van der Waals surface area contributed by atoms with E-state index in [2.05, 4.69) is 31.4 Å². The first-order chi connectivity index (χ1) is 15.0. The molecule has 1 aliphatic rings. The molecule has 0 aliphatic heterocycles. The molecule has 2 heterocycles. The van der Waals surface area contributed by atoms with E-state index in [0.29, 0.717) is 21.9 Å². The number of hydrogen-bond acceptors (Lipinski definition) is 4. The summed E-state index contributed by atoms with van der Waals surface area (Å²) in [6.45, 7) is -0.189. The summed E-state index contributed by atoms with van der Waals surface area (Å²) >= 11 is 9.51. The van der Waals surface area contributed by atoms with Crippen LogP contribution in [0.1, 0.15) is 24.5 Å². The number of halogens is 2. The lowest BCUT2D eigenvalue weighted by Gasteiger charge is -2.11. The van der Waals surface area contributed by atoms with Gasteiger partial charge in [0.05, 0.1) is 17.6 Å². The Morgan fingerprint density at radius 3 is 2.68 bits per heavy atom. The molecule has 0 radical (unpaired) electrons. The molecular weight excluding hydrogens is 482 g/mol. The molecule has 2 aromatic heterocycles. The highest BCUT2D eigenvalue weighted by Crippen LogP contribution is 2.41. The fourth-order valence-corrected chi connectivity index (χ4v) is 3.98. The van der Waals surface area contributed by atoms with Crippen LogP contribution in [0.4, 0.5) is 5.69 Å². The molecule has 31 heavy (non-hydrogen) atoms. The van der Waals surface area contributed by atoms with Gasteiger partial charge in [-0.3, -0.25) is 9.59 Å². The zero-order valence-corrected chi connectivity index (χ0v) is 18.6. The Morgan fingerprint density at radius 1 is 1.19 bits per heavy atom. The quantitative estimate of drug-likeness (QED) is 0.439. The molecule has 7 nitrogen and oxygen atoms in total. The third-order valence-corrected chi connectivity index (χ3v) is 5.91. The minimum Gasteiger partial charge on any atom is -0.324 e. The predicted octanol–water partition coefficient (Wildman–Crippen LogP) is 4.51. The van der Waals surface area contributed by atoms with Gasteiger partial charge >= 0.3 is 0 Å². The SMILES string of the molecule is O=C(Cn1nc(C2CC2)c2cnn(-c3cccc(Cl)c3)c2c1=O)Nc1ccc(Br)cc1. The molecule has 1 saturated carbocycles. The van der Waals surface area contributed by atoms with Gasteiger partial charge in [-0.1, -0.05) is 33.6 Å². The van der Waals surface area contributed by atoms with Crippen molar-refractivity contribution in [2.45, 2.75) is 25.3 Å². The summed E-state index contributed by atoms with van der Waals surface area (Å²) in [5.74, 6) is -0.0484. The average molecular weight is 499 g/mol. The van der Waals surface area contributed by atoms with Crippen LogP contribution >= 0.6 is 27.5 Å². The lowest BCUT2D eigenvalue weighted by atomic mass is 10.2. The standard InChI is InChI=1S/C22H17BrClN5O2/c23-14-6-8-16(9-7-14)26-19(30)12-28-22(31)21-18(20(27-28)13-4-5-13)11-25-29(21)17-3-1-2-15(24)10-17/h1-3,6-11,13H,4-5,12H2,(H,26,30). The second-order valence-corrected chi connectivity index (χ2v) is 8.83. The smallest absolute Gasteiger partial charge is 0.293 e. The lowest BCUT2D eigenvalue weighted by molar-refractivity contribution is -0.117. The van der Waals surface area contributed by atoms with Gasteiger partial charge in [-0.2, -0.15) is 10.2 Å². The number of nitrogens with zero attached hydrogens (tertiary/aromatic N) is 4. The number of carbonyl (C=O) groups is 1. The number of nitrogens with one attached hydrogen (secondary N) is 1. The number of anilines is 1. The molecule has 0 unspecified atom stereocenters. The average Bonchev–Trinajstić information content (AvgIpc) is 3.49. The van der Waals surface area contributed by atoms with E-state index in [1.807, 2.05) is 18.2 Å². The van der Waals surface area contributed by atoms with Crippen molar-refractivity contribution in [1.29, 1.82) is 0 Å². The van der Waals surface area contributed by atoms with E-state index in [-0.39, 0.29) is 23.9 Å². The second-order valence-electron chi connectivity index (χ2n) is 7.48. The normalized spacial score (nSPS) is 13.5. The van der Waals surface area contributed by atoms with Crippen LogP contribution in [0.2, 0.25) is 5.02 Å². The molecule has 9 heteroatoms. The maximum atomic E-state index is 13.3. The monoisotopic (exact) mass is 497 g/mol. The van der Waals surface area contributed by atoms with E-state index in [9.17, 15) is 9.59 Å². The first-order valence-corrected chi connectivity index (χ1v) is 11.0. The second kappa shape index (κ2) is 7.94. The van der Waals surface area contributed by atoms with Crippen LogP contribution < -0.4 is 10.9 Å². The molecule has 0 saturated heterocycles. The number of rotatable bonds is 5. The van der Waals surface area contributed by atoms with Gasteiger partial charge in [-0.05, 0) is 55.3 Å². The van der Waals surface area contributed by atoms with E-state index >= 15 is 0 Å². The van der Waals surface area contributed by atoms with Gasteiger partial charge in [0.1, 0.15) is 12.1 Å². The Kier molecular flexibility index (Phi) is 5.11. The summed E-state index contributed by atoms with van der Waals surface area (Å²) in [5.41, 5.74) is 2.16. The Labute approximate surface area is 190 Å². The minimum absolute atomic E-state index is 0.189. The van der Waals surface area contributed by atoms with Crippen LogP contribution in [0.5, 0.6) is 0 Å². The van der Waals surface area contributed by atoms with Crippen LogP contribution in [0.25, 0.3) is 16.6 Å². The summed E-state index contributed by atoms with van der Waals surface area (Å²) in [6.07, 6.45) is 3.69. The van der Waals surface area contributed by atoms with Crippen molar-refractivity contribution >= 4 is 50.0 Å². The Morgan fingerprint density at radius 2 is 1.97 bits per heavy atom. The van der Waals surface area contributed by atoms with Crippen molar-refractivity contribution in [3.05, 3.63) is 80.3 Å². The number of aromatic nitrogens is 4. The van der Waals surface area contributed by atoms with E-state index in [0.717, 1.165) is 28.4 Å². The molecule has 156 valence electrons. The summed E-state index contributed by atoms with van der Waals surface area (Å²) < 4.78 is 3.71. The van der Waals surface area contributed by atoms with Crippen LogP contribution in [0.15, 0.2) is 64.0 Å². The minimum atomic E-state index is -0.372. The summed E-state index contributed by atoms with van der Waals surface area (Å²) in [6, 6.07) is 14.4. The summed E-state index contributed by atoms with van der Waals surface area (Å²) in [5, 5.41) is 13.0. The third-order valence-electron chi connectivity index (χ3n) is 5.15. The molecule has 5 rings (SSSR count). The Bertz CT molecular complexity index is 1360. The van der Waals surface area contributed by atoms with Crippen molar-refractivity contribution < 1.29 is 4.79 Å². The number of carbonyl (C=O) groups excluding carboxylic acids is 1. The molecule has 1 amide bonds. The van der Waals surface area contributed by atoms with Crippen LogP contribution in [-0.4, -0.2) is 25.5 Å². The van der Waals surface area contributed by atoms with E-state index in [1.165, 1.54) is 4.68 Å². The van der Waals surface area contributed by atoms with Crippen molar-refractivity contribution in [1.82, 2.24) is 19.6 Å². The van der Waals surface area contributed by atoms with E-state index in [4.69, 9.17) is 11.6 Å². The van der Waals surface area contributed by atoms with Gasteiger partial charge < -0.3 is 5.32 Å². The van der Waals surface area contributed by atoms with Crippen LogP contribution in [0.3, 0.4) is 0 Å². The molecule has 1 fully saturated rings. The molecule has 0 bridgehead atoms. The van der Waals surface area contributed by atoms with Crippen LogP contribution in [0, 0.1) is 0 Å². The van der Waals surface area contributed by atoms with Crippen LogP contribution in [-0.2, 0) is 11.3 Å². The molecule has 1 N–H and O–H groups in total. The van der Waals surface area contributed by atoms with Gasteiger partial charge in [0.25, 0.3) is 5.56 Å². The van der Waals surface area contributed by atoms with Gasteiger partial charge in [-0.15, -0.1) is 0 Å². The van der Waals surface area contributed by atoms with E-state index < -0.39 is 0 Å². The molecule has 2 aromatic carbocycles. The third kappa shape index (κ3) is 4.00. The summed E-state index contributed by atoms with van der Waals surface area (Å²) in [4.78, 5) is 25.9. The van der Waals surface area contributed by atoms with Gasteiger partial charge in [0.15, 0.2) is 0 Å². The van der Waals surface area contributed by atoms with E-state index in [1.54, 1.807) is 41.2 Å². The highest BCUT2D eigenvalue weighted by atomic mass is 79.9. The fourth-order valence-electron chi connectivity index (χ4n) is 3.53. The van der Waals surface area contributed by atoms with Crippen molar-refractivity contribution in [3.63, 3.8) is 0 Å². The zero-order chi connectivity index (χ0) is 21.5. The molecule has 1 aliphatic carbocycles. The lowest BCUT2D eigenvalue weighted by Crippen LogP contribution is -2.31. The van der Waals surface area contributed by atoms with Crippen molar-refractivity contribution in [2.24, 2.45) is 0 Å². The van der Waals surface area contributed by atoms with Gasteiger partial charge in [0.2, 0.25) is 5.91 Å². The topological polar surface area (TPSA) is 81.8 Å². The fraction of sp³-hybridized carbons (Fsp3) is 0.182. The Hall–Kier alpha value is -2.97. The number of hydrogen-bond donors (Lipinski definition) is 1. The zero-order valence-electron chi connectivity index (χ0n) is 16.3. The Balaban J connectivity index is 1.56. The molecule has 0 atom stereocenters. The summed E-state index contributed by atoms with van der Waals surface area (Å²) in [7, 11) is 0. The highest BCUT2D eigenvalue weighted by Gasteiger charge is 2.30. The number of amides is 1. The predicted molar refractivity (Wildman–Crippen MR) is 123 cm³/mol. The number of benzene rings is 2. The maximum absolute atomic E-state index is 13.3. The first-order valence-electron chi connectivity index (χ1n) is 9.80. The van der Waals surface area contributed by atoms with Crippen molar-refractivity contribution in [2.75, 3.05) is 5.32 Å². The van der Waals surface area contributed by atoms with Gasteiger partial charge in [-0.25, -0.2) is 9.36 Å². The largest absolute Gasteiger partial charge is 0.324 e. The van der Waals surface area contributed by atoms with Crippen molar-refractivity contribution in [3.8, 4) is 5.69 Å². The first kappa shape index (κ1) is 20.0. The highest BCUT2D eigenvalue weighted by molar-refractivity contribution is 9.10. The van der Waals surface area contributed by atoms with Gasteiger partial charge in [0, 0.05) is 26.5 Å². The maximum Gasteiger partial charge on any atom is 0.293 e. The molecular formula is C22H17BrClN5O2.